The Kier molecular flexibility index (Phi) is 6.44. The van der Waals surface area contributed by atoms with Crippen LogP contribution in [0.25, 0.3) is 0 Å². The van der Waals surface area contributed by atoms with Gasteiger partial charge in [0.2, 0.25) is 5.91 Å². The van der Waals surface area contributed by atoms with Crippen LogP contribution in [0.4, 0.5) is 11.4 Å². The van der Waals surface area contributed by atoms with E-state index >= 15 is 0 Å². The summed E-state index contributed by atoms with van der Waals surface area (Å²) < 4.78 is 2.12. The van der Waals surface area contributed by atoms with Crippen molar-refractivity contribution in [3.63, 3.8) is 0 Å². The molecular formula is C22H23N5O2S. The average Bonchev–Trinajstić information content (AvgIpc) is 2.99. The van der Waals surface area contributed by atoms with E-state index in [4.69, 9.17) is 0 Å². The highest BCUT2D eigenvalue weighted by Gasteiger charge is 2.17. The molecule has 4 rings (SSSR count). The highest BCUT2D eigenvalue weighted by Crippen LogP contribution is 2.23. The molecule has 0 spiro atoms. The van der Waals surface area contributed by atoms with Gasteiger partial charge in [0.25, 0.3) is 5.91 Å². The van der Waals surface area contributed by atoms with Gasteiger partial charge in [0, 0.05) is 18.7 Å². The molecule has 0 atom stereocenters. The topological polar surface area (TPSA) is 88.9 Å². The summed E-state index contributed by atoms with van der Waals surface area (Å²) in [6, 6.07) is 16.2. The molecule has 1 aliphatic rings. The van der Waals surface area contributed by atoms with E-state index in [0.29, 0.717) is 16.9 Å². The molecule has 0 aliphatic carbocycles. The zero-order chi connectivity index (χ0) is 20.8. The lowest BCUT2D eigenvalue weighted by molar-refractivity contribution is -0.113. The van der Waals surface area contributed by atoms with Crippen LogP contribution >= 0.6 is 11.8 Å². The Labute approximate surface area is 179 Å². The molecule has 0 fully saturated rings. The predicted molar refractivity (Wildman–Crippen MR) is 118 cm³/mol. The Balaban J connectivity index is 1.39. The standard InChI is InChI=1S/C22H23N5O2S/c28-20(15-30-22-26-25-19-13-5-2-8-14-27(19)22)24-18-12-7-6-11-17(18)21(29)23-16-9-3-1-4-10-16/h1,3-4,6-7,9-12H,2,5,8,13-15H2,(H,23,29)(H,24,28). The molecular weight excluding hydrogens is 398 g/mol. The fraction of sp³-hybridized carbons (Fsp3) is 0.273. The Hall–Kier alpha value is -3.13. The second-order valence-corrected chi connectivity index (χ2v) is 8.01. The number of nitrogens with zero attached hydrogens (tertiary/aromatic N) is 3. The summed E-state index contributed by atoms with van der Waals surface area (Å²) in [5.41, 5.74) is 1.60. The van der Waals surface area contributed by atoms with Crippen molar-refractivity contribution >= 4 is 35.0 Å². The van der Waals surface area contributed by atoms with Crippen molar-refractivity contribution in [2.24, 2.45) is 0 Å². The van der Waals surface area contributed by atoms with Crippen LogP contribution in [-0.2, 0) is 17.8 Å². The molecule has 154 valence electrons. The maximum atomic E-state index is 12.7. The van der Waals surface area contributed by atoms with Crippen LogP contribution in [0.5, 0.6) is 0 Å². The quantitative estimate of drug-likeness (QED) is 0.588. The van der Waals surface area contributed by atoms with E-state index in [2.05, 4.69) is 25.4 Å². The summed E-state index contributed by atoms with van der Waals surface area (Å²) in [7, 11) is 0. The van der Waals surface area contributed by atoms with Crippen LogP contribution in [0.1, 0.15) is 35.4 Å². The summed E-state index contributed by atoms with van der Waals surface area (Å²) in [5.74, 6) is 0.740. The van der Waals surface area contributed by atoms with E-state index < -0.39 is 0 Å². The van der Waals surface area contributed by atoms with Gasteiger partial charge in [-0.05, 0) is 37.1 Å². The fourth-order valence-electron chi connectivity index (χ4n) is 3.39. The van der Waals surface area contributed by atoms with Crippen molar-refractivity contribution in [1.82, 2.24) is 14.8 Å². The van der Waals surface area contributed by atoms with Crippen molar-refractivity contribution in [1.29, 1.82) is 0 Å². The zero-order valence-corrected chi connectivity index (χ0v) is 17.3. The summed E-state index contributed by atoms with van der Waals surface area (Å²) in [6.07, 6.45) is 4.36. The van der Waals surface area contributed by atoms with Crippen molar-refractivity contribution in [2.45, 2.75) is 37.4 Å². The number of benzene rings is 2. The number of aryl methyl sites for hydroxylation is 1. The summed E-state index contributed by atoms with van der Waals surface area (Å²) >= 11 is 1.37. The van der Waals surface area contributed by atoms with E-state index in [-0.39, 0.29) is 17.6 Å². The van der Waals surface area contributed by atoms with Gasteiger partial charge in [0.05, 0.1) is 17.0 Å². The lowest BCUT2D eigenvalue weighted by Gasteiger charge is -2.11. The molecule has 0 bridgehead atoms. The maximum absolute atomic E-state index is 12.7. The van der Waals surface area contributed by atoms with Gasteiger partial charge < -0.3 is 15.2 Å². The molecule has 1 aliphatic heterocycles. The molecule has 3 aromatic rings. The normalized spacial score (nSPS) is 13.2. The number of hydrogen-bond donors (Lipinski definition) is 2. The highest BCUT2D eigenvalue weighted by atomic mass is 32.2. The van der Waals surface area contributed by atoms with Gasteiger partial charge in [-0.1, -0.05) is 48.5 Å². The van der Waals surface area contributed by atoms with Crippen LogP contribution in [0, 0.1) is 0 Å². The fourth-order valence-corrected chi connectivity index (χ4v) is 4.17. The number of fused-ring (bicyclic) bond motifs is 1. The van der Waals surface area contributed by atoms with Gasteiger partial charge in [0.15, 0.2) is 5.16 Å². The van der Waals surface area contributed by atoms with E-state index in [1.165, 1.54) is 18.2 Å². The maximum Gasteiger partial charge on any atom is 0.257 e. The lowest BCUT2D eigenvalue weighted by Crippen LogP contribution is -2.19. The number of hydrogen-bond acceptors (Lipinski definition) is 5. The summed E-state index contributed by atoms with van der Waals surface area (Å²) in [6.45, 7) is 0.898. The number of carbonyl (C=O) groups is 2. The minimum Gasteiger partial charge on any atom is -0.325 e. The van der Waals surface area contributed by atoms with E-state index in [0.717, 1.165) is 36.8 Å². The Morgan fingerprint density at radius 2 is 1.73 bits per heavy atom. The molecule has 2 heterocycles. The van der Waals surface area contributed by atoms with Gasteiger partial charge in [-0.25, -0.2) is 0 Å². The lowest BCUT2D eigenvalue weighted by atomic mass is 10.1. The first kappa shape index (κ1) is 20.2. The van der Waals surface area contributed by atoms with Crippen LogP contribution < -0.4 is 10.6 Å². The van der Waals surface area contributed by atoms with E-state index in [1.54, 1.807) is 24.3 Å². The molecule has 0 saturated carbocycles. The van der Waals surface area contributed by atoms with Crippen molar-refractivity contribution < 1.29 is 9.59 Å². The molecule has 2 N–H and O–H groups in total. The highest BCUT2D eigenvalue weighted by molar-refractivity contribution is 7.99. The largest absolute Gasteiger partial charge is 0.325 e. The van der Waals surface area contributed by atoms with E-state index in [9.17, 15) is 9.59 Å². The van der Waals surface area contributed by atoms with Crippen molar-refractivity contribution in [2.75, 3.05) is 16.4 Å². The van der Waals surface area contributed by atoms with Crippen LogP contribution in [0.3, 0.4) is 0 Å². The number of rotatable bonds is 6. The predicted octanol–water partition coefficient (Wildman–Crippen LogP) is 3.99. The van der Waals surface area contributed by atoms with Crippen LogP contribution in [0.15, 0.2) is 59.8 Å². The molecule has 2 amide bonds. The number of anilines is 2. The Bertz CT molecular complexity index is 1040. The van der Waals surface area contributed by atoms with Crippen LogP contribution in [0.2, 0.25) is 0 Å². The SMILES string of the molecule is O=C(CSc1nnc2n1CCCCC2)Nc1ccccc1C(=O)Nc1ccccc1. The zero-order valence-electron chi connectivity index (χ0n) is 16.5. The number of nitrogens with one attached hydrogen (secondary N) is 2. The van der Waals surface area contributed by atoms with E-state index in [1.807, 2.05) is 30.3 Å². The molecule has 1 aromatic heterocycles. The molecule has 0 unspecified atom stereocenters. The minimum atomic E-state index is -0.271. The number of amides is 2. The number of thioether (sulfide) groups is 1. The van der Waals surface area contributed by atoms with Gasteiger partial charge in [-0.15, -0.1) is 10.2 Å². The number of aromatic nitrogens is 3. The first-order valence-electron chi connectivity index (χ1n) is 10.0. The van der Waals surface area contributed by atoms with Gasteiger partial charge in [0.1, 0.15) is 5.82 Å². The van der Waals surface area contributed by atoms with Gasteiger partial charge >= 0.3 is 0 Å². The molecule has 0 radical (unpaired) electrons. The molecule has 8 heteroatoms. The molecule has 30 heavy (non-hydrogen) atoms. The monoisotopic (exact) mass is 421 g/mol. The first-order chi connectivity index (χ1) is 14.7. The number of carbonyl (C=O) groups excluding carboxylic acids is 2. The Morgan fingerprint density at radius 3 is 2.60 bits per heavy atom. The second-order valence-electron chi connectivity index (χ2n) is 7.06. The smallest absolute Gasteiger partial charge is 0.257 e. The van der Waals surface area contributed by atoms with Gasteiger partial charge in [-0.2, -0.15) is 0 Å². The van der Waals surface area contributed by atoms with Crippen LogP contribution in [-0.4, -0.2) is 32.3 Å². The van der Waals surface area contributed by atoms with Crippen molar-refractivity contribution in [3.05, 3.63) is 66.0 Å². The second kappa shape index (κ2) is 9.58. The molecule has 2 aromatic carbocycles. The summed E-state index contributed by atoms with van der Waals surface area (Å²) in [4.78, 5) is 25.2. The average molecular weight is 422 g/mol. The third-order valence-corrected chi connectivity index (χ3v) is 5.85. The molecule has 0 saturated heterocycles. The molecule has 7 nitrogen and oxygen atoms in total. The third kappa shape index (κ3) is 4.88. The van der Waals surface area contributed by atoms with Gasteiger partial charge in [-0.3, -0.25) is 9.59 Å². The first-order valence-corrected chi connectivity index (χ1v) is 11.0. The minimum absolute atomic E-state index is 0.189. The number of para-hydroxylation sites is 2. The Morgan fingerprint density at radius 1 is 0.933 bits per heavy atom. The summed E-state index contributed by atoms with van der Waals surface area (Å²) in [5, 5.41) is 15.0. The van der Waals surface area contributed by atoms with Crippen molar-refractivity contribution in [3.8, 4) is 0 Å². The third-order valence-electron chi connectivity index (χ3n) is 4.89.